The summed E-state index contributed by atoms with van der Waals surface area (Å²) < 4.78 is 7.10. The summed E-state index contributed by atoms with van der Waals surface area (Å²) in [6, 6.07) is 0. The third-order valence-corrected chi connectivity index (χ3v) is 3.99. The Morgan fingerprint density at radius 2 is 2.06 bits per heavy atom. The van der Waals surface area contributed by atoms with Gasteiger partial charge in [0, 0.05) is 22.8 Å². The quantitative estimate of drug-likeness (QED) is 0.728. The number of ether oxygens (including phenoxy) is 1. The highest BCUT2D eigenvalue weighted by Crippen LogP contribution is 2.31. The zero-order valence-corrected chi connectivity index (χ0v) is 11.0. The van der Waals surface area contributed by atoms with E-state index in [2.05, 4.69) is 0 Å². The second-order valence-corrected chi connectivity index (χ2v) is 5.18. The van der Waals surface area contributed by atoms with Crippen molar-refractivity contribution in [1.82, 2.24) is 4.57 Å². The Labute approximate surface area is 102 Å². The average Bonchev–Trinajstić information content (AvgIpc) is 2.63. The van der Waals surface area contributed by atoms with Crippen molar-refractivity contribution in [2.75, 3.05) is 7.11 Å². The van der Waals surface area contributed by atoms with Crippen molar-refractivity contribution in [3.63, 3.8) is 0 Å². The zero-order chi connectivity index (χ0) is 12.7. The van der Waals surface area contributed by atoms with Crippen LogP contribution in [0.2, 0.25) is 0 Å². The van der Waals surface area contributed by atoms with E-state index in [-0.39, 0.29) is 5.56 Å². The molecule has 0 aromatic carbocycles. The molecule has 2 aromatic heterocycles. The molecule has 5 heteroatoms. The highest BCUT2D eigenvalue weighted by Gasteiger charge is 2.21. The Hall–Kier alpha value is -1.62. The van der Waals surface area contributed by atoms with Crippen LogP contribution in [0.4, 0.5) is 0 Å². The molecule has 2 heterocycles. The number of rotatable bonds is 1. The van der Waals surface area contributed by atoms with Crippen LogP contribution in [0, 0.1) is 13.8 Å². The number of esters is 1. The third kappa shape index (κ3) is 1.67. The number of carbonyl (C=O) groups excluding carboxylic acids is 1. The lowest BCUT2D eigenvalue weighted by atomic mass is 10.1. The number of pyridine rings is 1. The van der Waals surface area contributed by atoms with Crippen molar-refractivity contribution in [2.45, 2.75) is 13.8 Å². The molecule has 2 rings (SSSR count). The fourth-order valence-corrected chi connectivity index (χ4v) is 3.06. The van der Waals surface area contributed by atoms with Gasteiger partial charge < -0.3 is 9.30 Å². The first kappa shape index (κ1) is 11.9. The Morgan fingerprint density at radius 3 is 2.65 bits per heavy atom. The fourth-order valence-electron chi connectivity index (χ4n) is 1.96. The van der Waals surface area contributed by atoms with Crippen molar-refractivity contribution in [3.05, 3.63) is 32.6 Å². The second-order valence-electron chi connectivity index (χ2n) is 3.96. The van der Waals surface area contributed by atoms with E-state index < -0.39 is 5.97 Å². The number of fused-ring (bicyclic) bond motifs is 1. The first-order valence-corrected chi connectivity index (χ1v) is 5.96. The van der Waals surface area contributed by atoms with E-state index in [0.29, 0.717) is 10.9 Å². The van der Waals surface area contributed by atoms with E-state index in [4.69, 9.17) is 4.74 Å². The molecule has 0 aliphatic heterocycles. The van der Waals surface area contributed by atoms with Crippen LogP contribution in [-0.2, 0) is 11.8 Å². The zero-order valence-electron chi connectivity index (χ0n) is 10.2. The molecule has 0 spiro atoms. The monoisotopic (exact) mass is 251 g/mol. The summed E-state index contributed by atoms with van der Waals surface area (Å²) >= 11 is 1.46. The van der Waals surface area contributed by atoms with Gasteiger partial charge in [0.25, 0.3) is 5.56 Å². The van der Waals surface area contributed by atoms with Crippen molar-refractivity contribution >= 4 is 27.4 Å². The summed E-state index contributed by atoms with van der Waals surface area (Å²) in [4.78, 5) is 24.6. The molecular formula is C12H13NO3S. The average molecular weight is 251 g/mol. The molecule has 0 saturated carbocycles. The van der Waals surface area contributed by atoms with Crippen molar-refractivity contribution < 1.29 is 9.53 Å². The molecule has 0 radical (unpaired) electrons. The summed E-state index contributed by atoms with van der Waals surface area (Å²) in [6.45, 7) is 3.76. The van der Waals surface area contributed by atoms with Crippen LogP contribution < -0.4 is 5.56 Å². The van der Waals surface area contributed by atoms with Gasteiger partial charge in [-0.1, -0.05) is 0 Å². The van der Waals surface area contributed by atoms with Gasteiger partial charge in [-0.3, -0.25) is 4.79 Å². The second kappa shape index (κ2) is 4.00. The largest absolute Gasteiger partial charge is 0.465 e. The molecule has 17 heavy (non-hydrogen) atoms. The number of hydrogen-bond donors (Lipinski definition) is 0. The normalized spacial score (nSPS) is 10.8. The number of carbonyl (C=O) groups is 1. The number of thiophene rings is 1. The standard InChI is InChI=1S/C12H13NO3S/c1-6-5-13(3)11(14)9-8(12(15)16-4)7(2)17-10(6)9/h5H,1-4H3. The van der Waals surface area contributed by atoms with E-state index >= 15 is 0 Å². The van der Waals surface area contributed by atoms with Crippen LogP contribution in [0.15, 0.2) is 11.0 Å². The molecule has 4 nitrogen and oxygen atoms in total. The van der Waals surface area contributed by atoms with Crippen molar-refractivity contribution in [1.29, 1.82) is 0 Å². The van der Waals surface area contributed by atoms with Crippen LogP contribution in [0.5, 0.6) is 0 Å². The summed E-state index contributed by atoms with van der Waals surface area (Å²) in [6.07, 6.45) is 1.78. The lowest BCUT2D eigenvalue weighted by molar-refractivity contribution is 0.0602. The van der Waals surface area contributed by atoms with Gasteiger partial charge in [0.1, 0.15) is 0 Å². The number of aryl methyl sites for hydroxylation is 3. The van der Waals surface area contributed by atoms with Crippen LogP contribution in [0.25, 0.3) is 10.1 Å². The number of aromatic nitrogens is 1. The first-order valence-electron chi connectivity index (χ1n) is 5.15. The molecule has 90 valence electrons. The van der Waals surface area contributed by atoms with Gasteiger partial charge in [0.05, 0.1) is 18.1 Å². The van der Waals surface area contributed by atoms with E-state index in [9.17, 15) is 9.59 Å². The van der Waals surface area contributed by atoms with Crippen LogP contribution >= 0.6 is 11.3 Å². The van der Waals surface area contributed by atoms with E-state index in [0.717, 1.165) is 15.1 Å². The van der Waals surface area contributed by atoms with E-state index in [1.807, 2.05) is 13.8 Å². The molecule has 0 aliphatic rings. The maximum atomic E-state index is 12.1. The minimum absolute atomic E-state index is 0.157. The Kier molecular flexibility index (Phi) is 2.79. The number of methoxy groups -OCH3 is 1. The fraction of sp³-hybridized carbons (Fsp3) is 0.333. The third-order valence-electron chi connectivity index (χ3n) is 2.75. The summed E-state index contributed by atoms with van der Waals surface area (Å²) in [5, 5.41) is 0.474. The predicted molar refractivity (Wildman–Crippen MR) is 67.9 cm³/mol. The maximum Gasteiger partial charge on any atom is 0.339 e. The van der Waals surface area contributed by atoms with Gasteiger partial charge in [0.2, 0.25) is 0 Å². The Bertz CT molecular complexity index is 666. The summed E-state index contributed by atoms with van der Waals surface area (Å²) in [5.41, 5.74) is 1.23. The molecular weight excluding hydrogens is 238 g/mol. The minimum Gasteiger partial charge on any atom is -0.465 e. The number of nitrogens with zero attached hydrogens (tertiary/aromatic N) is 1. The predicted octanol–water partition coefficient (Wildman–Crippen LogP) is 2.00. The van der Waals surface area contributed by atoms with E-state index in [1.165, 1.54) is 23.0 Å². The lowest BCUT2D eigenvalue weighted by Crippen LogP contribution is -2.18. The SMILES string of the molecule is COC(=O)c1c(C)sc2c(C)cn(C)c(=O)c12. The molecule has 0 saturated heterocycles. The van der Waals surface area contributed by atoms with Crippen LogP contribution in [0.1, 0.15) is 20.8 Å². The van der Waals surface area contributed by atoms with Crippen molar-refractivity contribution in [2.24, 2.45) is 7.05 Å². The van der Waals surface area contributed by atoms with Gasteiger partial charge in [-0.05, 0) is 19.4 Å². The molecule has 0 bridgehead atoms. The Balaban J connectivity index is 2.99. The van der Waals surface area contributed by atoms with Gasteiger partial charge >= 0.3 is 5.97 Å². The molecule has 0 aliphatic carbocycles. The molecule has 0 N–H and O–H groups in total. The lowest BCUT2D eigenvalue weighted by Gasteiger charge is -2.02. The molecule has 0 atom stereocenters. The minimum atomic E-state index is -0.448. The highest BCUT2D eigenvalue weighted by atomic mass is 32.1. The molecule has 0 amide bonds. The van der Waals surface area contributed by atoms with Crippen molar-refractivity contribution in [3.8, 4) is 0 Å². The first-order chi connectivity index (χ1) is 7.97. The van der Waals surface area contributed by atoms with Gasteiger partial charge in [-0.15, -0.1) is 11.3 Å². The van der Waals surface area contributed by atoms with Gasteiger partial charge in [-0.2, -0.15) is 0 Å². The van der Waals surface area contributed by atoms with Crippen LogP contribution in [-0.4, -0.2) is 17.6 Å². The van der Waals surface area contributed by atoms with Gasteiger partial charge in [0.15, 0.2) is 0 Å². The maximum absolute atomic E-state index is 12.1. The summed E-state index contributed by atoms with van der Waals surface area (Å²) in [7, 11) is 3.01. The Morgan fingerprint density at radius 1 is 1.41 bits per heavy atom. The molecule has 0 fully saturated rings. The molecule has 2 aromatic rings. The topological polar surface area (TPSA) is 48.3 Å². The van der Waals surface area contributed by atoms with Gasteiger partial charge in [-0.25, -0.2) is 4.79 Å². The highest BCUT2D eigenvalue weighted by molar-refractivity contribution is 7.19. The summed E-state index contributed by atoms with van der Waals surface area (Å²) in [5.74, 6) is -0.448. The van der Waals surface area contributed by atoms with E-state index in [1.54, 1.807) is 13.2 Å². The molecule has 0 unspecified atom stereocenters. The smallest absolute Gasteiger partial charge is 0.339 e. The number of hydrogen-bond acceptors (Lipinski definition) is 4. The van der Waals surface area contributed by atoms with Crippen LogP contribution in [0.3, 0.4) is 0 Å².